The monoisotopic (exact) mass is 372 g/mol. The lowest BCUT2D eigenvalue weighted by Gasteiger charge is -2.24. The van der Waals surface area contributed by atoms with E-state index in [-0.39, 0.29) is 11.9 Å². The lowest BCUT2D eigenvalue weighted by molar-refractivity contribution is -0.129. The van der Waals surface area contributed by atoms with E-state index in [0.717, 1.165) is 38.0 Å². The van der Waals surface area contributed by atoms with Gasteiger partial charge in [-0.1, -0.05) is 18.2 Å². The summed E-state index contributed by atoms with van der Waals surface area (Å²) in [6.07, 6.45) is 2.56. The van der Waals surface area contributed by atoms with Crippen LogP contribution in [0.2, 0.25) is 0 Å². The maximum Gasteiger partial charge on any atom is 0.337 e. The highest BCUT2D eigenvalue weighted by molar-refractivity contribution is 7.09. The summed E-state index contributed by atoms with van der Waals surface area (Å²) in [5.41, 5.74) is 1.68. The molecule has 1 aliphatic rings. The minimum absolute atomic E-state index is 0.266. The van der Waals surface area contributed by atoms with Gasteiger partial charge < -0.3 is 15.0 Å². The molecule has 0 saturated carbocycles. The molecule has 1 unspecified atom stereocenters. The van der Waals surface area contributed by atoms with Crippen molar-refractivity contribution in [2.75, 3.05) is 13.7 Å². The normalized spacial score (nSPS) is 16.9. The largest absolute Gasteiger partial charge is 0.465 e. The van der Waals surface area contributed by atoms with Crippen LogP contribution in [0.1, 0.15) is 40.1 Å². The Balaban J connectivity index is 1.44. The lowest BCUT2D eigenvalue weighted by atomic mass is 10.1. The number of carbonyl (C=O) groups is 2. The van der Waals surface area contributed by atoms with Crippen molar-refractivity contribution in [2.24, 2.45) is 0 Å². The molecule has 26 heavy (non-hydrogen) atoms. The average Bonchev–Trinajstić information content (AvgIpc) is 3.30. The fraction of sp³-hybridized carbons (Fsp3) is 0.400. The maximum atomic E-state index is 12.1. The number of nitrogens with one attached hydrogen (secondary N) is 1. The Morgan fingerprint density at radius 2 is 2.12 bits per heavy atom. The third-order valence-corrected chi connectivity index (χ3v) is 5.58. The average molecular weight is 372 g/mol. The minimum atomic E-state index is -0.318. The zero-order valence-electron chi connectivity index (χ0n) is 14.9. The quantitative estimate of drug-likeness (QED) is 0.571. The van der Waals surface area contributed by atoms with Crippen LogP contribution in [-0.4, -0.2) is 36.5 Å². The van der Waals surface area contributed by atoms with Crippen molar-refractivity contribution in [1.29, 1.82) is 0 Å². The van der Waals surface area contributed by atoms with Crippen LogP contribution in [0.4, 0.5) is 0 Å². The van der Waals surface area contributed by atoms with Crippen LogP contribution in [-0.2, 0) is 22.6 Å². The topological polar surface area (TPSA) is 58.6 Å². The molecule has 2 heterocycles. The number of methoxy groups -OCH3 is 1. The minimum Gasteiger partial charge on any atom is -0.465 e. The molecule has 1 saturated heterocycles. The molecule has 0 spiro atoms. The second-order valence-electron chi connectivity index (χ2n) is 6.45. The Morgan fingerprint density at radius 1 is 1.31 bits per heavy atom. The summed E-state index contributed by atoms with van der Waals surface area (Å²) in [6, 6.07) is 11.9. The molecule has 0 radical (unpaired) electrons. The van der Waals surface area contributed by atoms with E-state index in [2.05, 4.69) is 16.8 Å². The van der Waals surface area contributed by atoms with E-state index in [4.69, 9.17) is 4.74 Å². The van der Waals surface area contributed by atoms with E-state index in [1.54, 1.807) is 23.5 Å². The summed E-state index contributed by atoms with van der Waals surface area (Å²) < 4.78 is 4.70. The van der Waals surface area contributed by atoms with E-state index >= 15 is 0 Å². The summed E-state index contributed by atoms with van der Waals surface area (Å²) in [5.74, 6) is -0.0527. The van der Waals surface area contributed by atoms with Crippen molar-refractivity contribution >= 4 is 23.2 Å². The van der Waals surface area contributed by atoms with Crippen molar-refractivity contribution in [1.82, 2.24) is 10.2 Å². The van der Waals surface area contributed by atoms with Gasteiger partial charge in [0.15, 0.2) is 0 Å². The fourth-order valence-corrected chi connectivity index (χ4v) is 3.96. The molecule has 1 fully saturated rings. The Labute approximate surface area is 158 Å². The molecule has 6 heteroatoms. The van der Waals surface area contributed by atoms with E-state index in [9.17, 15) is 9.59 Å². The molecule has 1 aliphatic heterocycles. The molecule has 0 aliphatic carbocycles. The first kappa shape index (κ1) is 18.6. The van der Waals surface area contributed by atoms with Crippen LogP contribution in [0, 0.1) is 0 Å². The predicted molar refractivity (Wildman–Crippen MR) is 102 cm³/mol. The highest BCUT2D eigenvalue weighted by atomic mass is 32.1. The van der Waals surface area contributed by atoms with Gasteiger partial charge in [-0.15, -0.1) is 11.3 Å². The molecule has 1 aromatic carbocycles. The van der Waals surface area contributed by atoms with E-state index in [1.165, 1.54) is 12.0 Å². The number of benzene rings is 1. The number of likely N-dealkylation sites (tertiary alicyclic amines) is 1. The molecule has 0 bridgehead atoms. The summed E-state index contributed by atoms with van der Waals surface area (Å²) in [4.78, 5) is 26.8. The molecule has 1 atom stereocenters. The summed E-state index contributed by atoms with van der Waals surface area (Å²) in [5, 5.41) is 5.49. The van der Waals surface area contributed by atoms with Crippen molar-refractivity contribution in [3.05, 3.63) is 57.8 Å². The molecule has 1 amide bonds. The van der Waals surface area contributed by atoms with E-state index < -0.39 is 0 Å². The molecule has 5 nitrogen and oxygen atoms in total. The van der Waals surface area contributed by atoms with Gasteiger partial charge in [-0.25, -0.2) is 4.79 Å². The highest BCUT2D eigenvalue weighted by Crippen LogP contribution is 2.25. The number of nitrogens with zero attached hydrogens (tertiary/aromatic N) is 1. The zero-order valence-corrected chi connectivity index (χ0v) is 15.8. The van der Waals surface area contributed by atoms with Crippen LogP contribution < -0.4 is 5.32 Å². The standard InChI is InChI=1S/C20H24N2O3S/c1-25-20(24)16-6-4-15(5-7-16)13-21-11-10-17-8-9-19(23)22(17)14-18-3-2-12-26-18/h2-7,12,17,21H,8-11,13-14H2,1H3. The lowest BCUT2D eigenvalue weighted by Crippen LogP contribution is -2.34. The van der Waals surface area contributed by atoms with Crippen molar-refractivity contribution in [3.8, 4) is 0 Å². The molecule has 1 N–H and O–H groups in total. The second-order valence-corrected chi connectivity index (χ2v) is 7.48. The number of thiophene rings is 1. The fourth-order valence-electron chi connectivity index (χ4n) is 3.26. The van der Waals surface area contributed by atoms with Crippen LogP contribution in [0.5, 0.6) is 0 Å². The number of carbonyl (C=O) groups excluding carboxylic acids is 2. The first-order valence-electron chi connectivity index (χ1n) is 8.87. The van der Waals surface area contributed by atoms with E-state index in [1.807, 2.05) is 23.1 Å². The first-order valence-corrected chi connectivity index (χ1v) is 9.75. The third-order valence-electron chi connectivity index (χ3n) is 4.72. The van der Waals surface area contributed by atoms with Crippen molar-refractivity contribution in [3.63, 3.8) is 0 Å². The predicted octanol–water partition coefficient (Wildman–Crippen LogP) is 3.21. The highest BCUT2D eigenvalue weighted by Gasteiger charge is 2.30. The smallest absolute Gasteiger partial charge is 0.337 e. The summed E-state index contributed by atoms with van der Waals surface area (Å²) >= 11 is 1.70. The van der Waals surface area contributed by atoms with Gasteiger partial charge in [-0.3, -0.25) is 4.79 Å². The molecule has 138 valence electrons. The number of rotatable bonds is 8. The van der Waals surface area contributed by atoms with Crippen LogP contribution in [0.3, 0.4) is 0 Å². The maximum absolute atomic E-state index is 12.1. The number of ether oxygens (including phenoxy) is 1. The first-order chi connectivity index (χ1) is 12.7. The van der Waals surface area contributed by atoms with Crippen LogP contribution >= 0.6 is 11.3 Å². The van der Waals surface area contributed by atoms with Crippen molar-refractivity contribution in [2.45, 2.75) is 38.4 Å². The van der Waals surface area contributed by atoms with Gasteiger partial charge >= 0.3 is 5.97 Å². The Bertz CT molecular complexity index is 728. The van der Waals surface area contributed by atoms with Gasteiger partial charge in [0.05, 0.1) is 19.2 Å². The number of esters is 1. The SMILES string of the molecule is COC(=O)c1ccc(CNCCC2CCC(=O)N2Cc2cccs2)cc1. The van der Waals surface area contributed by atoms with Gasteiger partial charge in [0.25, 0.3) is 0 Å². The Kier molecular flexibility index (Phi) is 6.41. The molecule has 1 aromatic heterocycles. The molecular formula is C20H24N2O3S. The van der Waals surface area contributed by atoms with Gasteiger partial charge in [-0.05, 0) is 48.5 Å². The number of hydrogen-bond acceptors (Lipinski definition) is 5. The molecular weight excluding hydrogens is 348 g/mol. The van der Waals surface area contributed by atoms with Crippen molar-refractivity contribution < 1.29 is 14.3 Å². The summed E-state index contributed by atoms with van der Waals surface area (Å²) in [7, 11) is 1.38. The Hall–Kier alpha value is -2.18. The van der Waals surface area contributed by atoms with Gasteiger partial charge in [0, 0.05) is 23.9 Å². The molecule has 2 aromatic rings. The molecule has 3 rings (SSSR count). The third kappa shape index (κ3) is 4.71. The van der Waals surface area contributed by atoms with Gasteiger partial charge in [0.1, 0.15) is 0 Å². The number of hydrogen-bond donors (Lipinski definition) is 1. The van der Waals surface area contributed by atoms with Gasteiger partial charge in [-0.2, -0.15) is 0 Å². The number of amides is 1. The van der Waals surface area contributed by atoms with Crippen LogP contribution in [0.15, 0.2) is 41.8 Å². The Morgan fingerprint density at radius 3 is 2.81 bits per heavy atom. The van der Waals surface area contributed by atoms with Gasteiger partial charge in [0.2, 0.25) is 5.91 Å². The summed E-state index contributed by atoms with van der Waals surface area (Å²) in [6.45, 7) is 2.33. The van der Waals surface area contributed by atoms with Crippen LogP contribution in [0.25, 0.3) is 0 Å². The zero-order chi connectivity index (χ0) is 18.4. The van der Waals surface area contributed by atoms with E-state index in [0.29, 0.717) is 18.0 Å². The second kappa shape index (κ2) is 8.96.